The smallest absolute Gasteiger partial charge is 0.144 e. The lowest BCUT2D eigenvalue weighted by Crippen LogP contribution is -1.97. The molecule has 17 heavy (non-hydrogen) atoms. The number of pyridine rings is 1. The fourth-order valence-corrected chi connectivity index (χ4v) is 2.25. The van der Waals surface area contributed by atoms with Crippen molar-refractivity contribution in [1.82, 2.24) is 4.98 Å². The highest BCUT2D eigenvalue weighted by Crippen LogP contribution is 2.31. The van der Waals surface area contributed by atoms with E-state index in [0.29, 0.717) is 5.69 Å². The Balaban J connectivity index is 2.35. The maximum absolute atomic E-state index is 5.65. The molecule has 1 aromatic heterocycles. The molecule has 3 nitrogen and oxygen atoms in total. The lowest BCUT2D eigenvalue weighted by atomic mass is 10.2. The largest absolute Gasteiger partial charge is 0.397 e. The van der Waals surface area contributed by atoms with Crippen LogP contribution in [0.25, 0.3) is 0 Å². The molecule has 0 saturated carbocycles. The number of nitrogen functional groups attached to an aromatic ring is 1. The summed E-state index contributed by atoms with van der Waals surface area (Å²) in [5.41, 5.74) is 8.42. The lowest BCUT2D eigenvalue weighted by Gasteiger charge is -2.11. The van der Waals surface area contributed by atoms with Gasteiger partial charge in [-0.3, -0.25) is 0 Å². The van der Waals surface area contributed by atoms with Gasteiger partial charge < -0.3 is 11.1 Å². The van der Waals surface area contributed by atoms with Gasteiger partial charge in [0.25, 0.3) is 0 Å². The van der Waals surface area contributed by atoms with E-state index >= 15 is 0 Å². The molecule has 0 unspecified atom stereocenters. The maximum atomic E-state index is 5.65. The zero-order valence-electron chi connectivity index (χ0n) is 9.17. The van der Waals surface area contributed by atoms with Crippen molar-refractivity contribution in [3.63, 3.8) is 0 Å². The molecule has 2 rings (SSSR count). The summed E-state index contributed by atoms with van der Waals surface area (Å²) in [7, 11) is 0. The summed E-state index contributed by atoms with van der Waals surface area (Å²) in [6.07, 6.45) is 1.62. The second-order valence-electron chi connectivity index (χ2n) is 3.66. The first-order valence-corrected chi connectivity index (χ1v) is 6.59. The van der Waals surface area contributed by atoms with Crippen LogP contribution < -0.4 is 11.1 Å². The van der Waals surface area contributed by atoms with E-state index in [9.17, 15) is 0 Å². The van der Waals surface area contributed by atoms with Gasteiger partial charge in [0.15, 0.2) is 0 Å². The van der Waals surface area contributed by atoms with E-state index < -0.39 is 0 Å². The number of aryl methyl sites for hydroxylation is 1. The standard InChI is InChI=1S/C12H11Br2N3/c1-7-3-2-4-10(11(7)14)17-12-9(13)5-8(15)6-16-12/h2-6H,15H2,1H3,(H,16,17). The van der Waals surface area contributed by atoms with E-state index in [0.717, 1.165) is 20.5 Å². The Morgan fingerprint density at radius 2 is 2.06 bits per heavy atom. The van der Waals surface area contributed by atoms with Crippen LogP contribution >= 0.6 is 31.9 Å². The van der Waals surface area contributed by atoms with Crippen molar-refractivity contribution in [1.29, 1.82) is 0 Å². The minimum Gasteiger partial charge on any atom is -0.397 e. The highest BCUT2D eigenvalue weighted by molar-refractivity contribution is 9.11. The molecule has 0 saturated heterocycles. The number of benzene rings is 1. The summed E-state index contributed by atoms with van der Waals surface area (Å²) in [5, 5.41) is 3.25. The monoisotopic (exact) mass is 355 g/mol. The van der Waals surface area contributed by atoms with Gasteiger partial charge in [-0.2, -0.15) is 0 Å². The molecule has 0 bridgehead atoms. The third-order valence-corrected chi connectivity index (χ3v) is 3.96. The van der Waals surface area contributed by atoms with E-state index in [1.807, 2.05) is 31.2 Å². The molecule has 88 valence electrons. The van der Waals surface area contributed by atoms with Gasteiger partial charge in [0.2, 0.25) is 0 Å². The molecule has 0 aliphatic rings. The normalized spacial score (nSPS) is 10.3. The van der Waals surface area contributed by atoms with Crippen molar-refractivity contribution in [3.8, 4) is 0 Å². The minimum absolute atomic E-state index is 0.630. The van der Waals surface area contributed by atoms with Crippen LogP contribution in [0.15, 0.2) is 39.4 Å². The highest BCUT2D eigenvalue weighted by atomic mass is 79.9. The molecule has 0 aliphatic carbocycles. The number of hydrogen-bond acceptors (Lipinski definition) is 3. The zero-order chi connectivity index (χ0) is 12.4. The van der Waals surface area contributed by atoms with Gasteiger partial charge in [-0.1, -0.05) is 12.1 Å². The summed E-state index contributed by atoms with van der Waals surface area (Å²) in [5.74, 6) is 0.741. The summed E-state index contributed by atoms with van der Waals surface area (Å²) in [6, 6.07) is 7.84. The Kier molecular flexibility index (Phi) is 3.69. The number of anilines is 3. The molecule has 2 aromatic rings. The van der Waals surface area contributed by atoms with Crippen molar-refractivity contribution in [2.24, 2.45) is 0 Å². The van der Waals surface area contributed by atoms with Gasteiger partial charge in [0, 0.05) is 4.47 Å². The van der Waals surface area contributed by atoms with Crippen LogP contribution in [0, 0.1) is 6.92 Å². The van der Waals surface area contributed by atoms with Crippen LogP contribution in [-0.2, 0) is 0 Å². The molecule has 3 N–H and O–H groups in total. The molecule has 1 aromatic carbocycles. The molecule has 5 heteroatoms. The van der Waals surface area contributed by atoms with Crippen molar-refractivity contribution >= 4 is 49.1 Å². The first-order valence-electron chi connectivity index (χ1n) is 5.01. The zero-order valence-corrected chi connectivity index (χ0v) is 12.3. The summed E-state index contributed by atoms with van der Waals surface area (Å²) < 4.78 is 1.87. The van der Waals surface area contributed by atoms with E-state index in [1.165, 1.54) is 5.56 Å². The van der Waals surface area contributed by atoms with Gasteiger partial charge in [-0.05, 0) is 56.5 Å². The van der Waals surface area contributed by atoms with E-state index in [-0.39, 0.29) is 0 Å². The molecule has 0 fully saturated rings. The average Bonchev–Trinajstić information content (AvgIpc) is 2.28. The summed E-state index contributed by atoms with van der Waals surface area (Å²) >= 11 is 6.97. The summed E-state index contributed by atoms with van der Waals surface area (Å²) in [6.45, 7) is 2.04. The van der Waals surface area contributed by atoms with Crippen molar-refractivity contribution in [3.05, 3.63) is 45.0 Å². The van der Waals surface area contributed by atoms with Gasteiger partial charge in [-0.25, -0.2) is 4.98 Å². The Morgan fingerprint density at radius 3 is 2.76 bits per heavy atom. The first kappa shape index (κ1) is 12.4. The number of nitrogens with one attached hydrogen (secondary N) is 1. The molecular weight excluding hydrogens is 346 g/mol. The van der Waals surface area contributed by atoms with Gasteiger partial charge in [0.05, 0.1) is 22.0 Å². The maximum Gasteiger partial charge on any atom is 0.144 e. The SMILES string of the molecule is Cc1cccc(Nc2ncc(N)cc2Br)c1Br. The Hall–Kier alpha value is -1.07. The van der Waals surface area contributed by atoms with Crippen LogP contribution in [0.5, 0.6) is 0 Å². The Labute approximate surface area is 117 Å². The Morgan fingerprint density at radius 1 is 1.29 bits per heavy atom. The number of aromatic nitrogens is 1. The van der Waals surface area contributed by atoms with E-state index in [1.54, 1.807) is 6.20 Å². The average molecular weight is 357 g/mol. The molecule has 0 aliphatic heterocycles. The van der Waals surface area contributed by atoms with Crippen LogP contribution in [-0.4, -0.2) is 4.98 Å². The second-order valence-corrected chi connectivity index (χ2v) is 5.31. The van der Waals surface area contributed by atoms with Crippen LogP contribution in [0.1, 0.15) is 5.56 Å². The number of halogens is 2. The number of rotatable bonds is 2. The van der Waals surface area contributed by atoms with Crippen molar-refractivity contribution < 1.29 is 0 Å². The topological polar surface area (TPSA) is 50.9 Å². The van der Waals surface area contributed by atoms with Crippen molar-refractivity contribution in [2.45, 2.75) is 6.92 Å². The molecule has 0 amide bonds. The predicted molar refractivity (Wildman–Crippen MR) is 78.5 cm³/mol. The van der Waals surface area contributed by atoms with Gasteiger partial charge >= 0.3 is 0 Å². The minimum atomic E-state index is 0.630. The number of nitrogens with two attached hydrogens (primary N) is 1. The number of hydrogen-bond donors (Lipinski definition) is 2. The third kappa shape index (κ3) is 2.79. The molecule has 1 heterocycles. The van der Waals surface area contributed by atoms with Gasteiger partial charge in [0.1, 0.15) is 5.82 Å². The van der Waals surface area contributed by atoms with E-state index in [2.05, 4.69) is 42.2 Å². The van der Waals surface area contributed by atoms with Crippen LogP contribution in [0.2, 0.25) is 0 Å². The fourth-order valence-electron chi connectivity index (χ4n) is 1.42. The highest BCUT2D eigenvalue weighted by Gasteiger charge is 2.06. The van der Waals surface area contributed by atoms with Crippen molar-refractivity contribution in [2.75, 3.05) is 11.1 Å². The van der Waals surface area contributed by atoms with Gasteiger partial charge in [-0.15, -0.1) is 0 Å². The van der Waals surface area contributed by atoms with Crippen LogP contribution in [0.4, 0.5) is 17.2 Å². The second kappa shape index (κ2) is 5.06. The quantitative estimate of drug-likeness (QED) is 0.846. The predicted octanol–water partition coefficient (Wildman–Crippen LogP) is 4.24. The summed E-state index contributed by atoms with van der Waals surface area (Å²) in [4.78, 5) is 4.24. The fraction of sp³-hybridized carbons (Fsp3) is 0.0833. The molecule has 0 atom stereocenters. The van der Waals surface area contributed by atoms with Crippen LogP contribution in [0.3, 0.4) is 0 Å². The van der Waals surface area contributed by atoms with E-state index in [4.69, 9.17) is 5.73 Å². The Bertz CT molecular complexity index is 555. The third-order valence-electron chi connectivity index (χ3n) is 2.31. The number of nitrogens with zero attached hydrogens (tertiary/aromatic N) is 1. The molecule has 0 radical (unpaired) electrons. The molecule has 0 spiro atoms. The first-order chi connectivity index (χ1) is 8.08. The molecular formula is C12H11Br2N3. The lowest BCUT2D eigenvalue weighted by molar-refractivity contribution is 1.28.